The van der Waals surface area contributed by atoms with Crippen molar-refractivity contribution in [1.29, 1.82) is 0 Å². The van der Waals surface area contributed by atoms with Gasteiger partial charge in [0.1, 0.15) is 17.6 Å². The number of aliphatic hydroxyl groups excluding tert-OH is 1. The van der Waals surface area contributed by atoms with E-state index < -0.39 is 0 Å². The molecule has 1 aliphatic rings. The van der Waals surface area contributed by atoms with Gasteiger partial charge in [0, 0.05) is 4.88 Å². The van der Waals surface area contributed by atoms with Gasteiger partial charge < -0.3 is 10.4 Å². The number of carbonyl (C=O) groups is 1. The number of fused-ring (bicyclic) bond motifs is 1. The molecule has 0 unspecified atom stereocenters. The Labute approximate surface area is 143 Å². The van der Waals surface area contributed by atoms with E-state index in [-0.39, 0.29) is 30.5 Å². The number of hydrogen-bond acceptors (Lipinski definition) is 5. The Morgan fingerprint density at radius 3 is 2.54 bits per heavy atom. The van der Waals surface area contributed by atoms with Crippen LogP contribution in [0.15, 0.2) is 41.8 Å². The molecule has 2 N–H and O–H groups in total. The number of benzene rings is 1. The smallest absolute Gasteiger partial charge is 0.244 e. The minimum atomic E-state index is -0.243. The van der Waals surface area contributed by atoms with E-state index in [1.807, 2.05) is 41.8 Å². The molecule has 1 aromatic carbocycles. The summed E-state index contributed by atoms with van der Waals surface area (Å²) in [7, 11) is 0. The summed E-state index contributed by atoms with van der Waals surface area (Å²) in [6, 6.07) is 11.5. The molecule has 1 atom stereocenters. The summed E-state index contributed by atoms with van der Waals surface area (Å²) in [5.41, 5.74) is 1.56. The molecular weight excluding hydrogens is 324 g/mol. The SMILES string of the molecule is O=C(Cn1nc2ccccc2n1)N[C@@H](c1cccs1)C1CC(O)C1. The molecule has 7 heteroatoms. The first-order valence-electron chi connectivity index (χ1n) is 8.00. The molecule has 2 aromatic heterocycles. The Morgan fingerprint density at radius 2 is 1.96 bits per heavy atom. The highest BCUT2D eigenvalue weighted by Gasteiger charge is 2.36. The van der Waals surface area contributed by atoms with E-state index in [4.69, 9.17) is 0 Å². The highest BCUT2D eigenvalue weighted by Crippen LogP contribution is 2.39. The molecule has 1 amide bonds. The molecule has 0 radical (unpaired) electrons. The molecule has 1 saturated carbocycles. The molecule has 3 aromatic rings. The van der Waals surface area contributed by atoms with Crippen LogP contribution in [0.2, 0.25) is 0 Å². The normalized spacial score (nSPS) is 21.4. The van der Waals surface area contributed by atoms with Gasteiger partial charge in [-0.1, -0.05) is 18.2 Å². The minimum absolute atomic E-state index is 0.0501. The van der Waals surface area contributed by atoms with E-state index in [1.54, 1.807) is 11.3 Å². The number of rotatable bonds is 5. The average Bonchev–Trinajstić information content (AvgIpc) is 3.18. The lowest BCUT2D eigenvalue weighted by Gasteiger charge is -2.37. The van der Waals surface area contributed by atoms with Crippen LogP contribution in [0.5, 0.6) is 0 Å². The van der Waals surface area contributed by atoms with Gasteiger partial charge in [0.15, 0.2) is 0 Å². The van der Waals surface area contributed by atoms with Crippen molar-refractivity contribution in [2.45, 2.75) is 31.5 Å². The van der Waals surface area contributed by atoms with Crippen LogP contribution >= 0.6 is 11.3 Å². The van der Waals surface area contributed by atoms with Gasteiger partial charge in [-0.05, 0) is 42.3 Å². The van der Waals surface area contributed by atoms with Crippen LogP contribution in [0, 0.1) is 5.92 Å². The largest absolute Gasteiger partial charge is 0.393 e. The summed E-state index contributed by atoms with van der Waals surface area (Å²) in [5.74, 6) is 0.169. The molecule has 0 spiro atoms. The van der Waals surface area contributed by atoms with Crippen molar-refractivity contribution < 1.29 is 9.90 Å². The third-order valence-corrected chi connectivity index (χ3v) is 5.36. The summed E-state index contributed by atoms with van der Waals surface area (Å²) in [6.07, 6.45) is 1.21. The van der Waals surface area contributed by atoms with Crippen LogP contribution in [0.3, 0.4) is 0 Å². The first kappa shape index (κ1) is 15.3. The molecule has 2 heterocycles. The summed E-state index contributed by atoms with van der Waals surface area (Å²) in [4.78, 5) is 15.0. The zero-order valence-corrected chi connectivity index (χ0v) is 13.8. The minimum Gasteiger partial charge on any atom is -0.393 e. The first-order valence-corrected chi connectivity index (χ1v) is 8.88. The summed E-state index contributed by atoms with van der Waals surface area (Å²) >= 11 is 1.63. The van der Waals surface area contributed by atoms with Gasteiger partial charge in [-0.15, -0.1) is 11.3 Å². The molecule has 1 aliphatic carbocycles. The Hall–Kier alpha value is -2.25. The van der Waals surface area contributed by atoms with Gasteiger partial charge in [-0.2, -0.15) is 15.0 Å². The average molecular weight is 342 g/mol. The van der Waals surface area contributed by atoms with Crippen molar-refractivity contribution in [3.05, 3.63) is 46.7 Å². The molecule has 1 fully saturated rings. The van der Waals surface area contributed by atoms with Gasteiger partial charge in [0.2, 0.25) is 5.91 Å². The van der Waals surface area contributed by atoms with Crippen molar-refractivity contribution in [2.75, 3.05) is 0 Å². The lowest BCUT2D eigenvalue weighted by Crippen LogP contribution is -2.42. The first-order chi connectivity index (χ1) is 11.7. The summed E-state index contributed by atoms with van der Waals surface area (Å²) in [5, 5.41) is 23.3. The number of amides is 1. The maximum atomic E-state index is 12.5. The fraction of sp³-hybridized carbons (Fsp3) is 0.353. The quantitative estimate of drug-likeness (QED) is 0.744. The molecule has 0 saturated heterocycles. The van der Waals surface area contributed by atoms with E-state index in [1.165, 1.54) is 4.80 Å². The second kappa shape index (κ2) is 6.33. The van der Waals surface area contributed by atoms with Gasteiger partial charge in [-0.25, -0.2) is 0 Å². The van der Waals surface area contributed by atoms with E-state index in [0.29, 0.717) is 0 Å². The predicted octanol–water partition coefficient (Wildman–Crippen LogP) is 2.12. The summed E-state index contributed by atoms with van der Waals surface area (Å²) in [6.45, 7) is 0.0891. The number of aromatic nitrogens is 3. The molecule has 6 nitrogen and oxygen atoms in total. The third-order valence-electron chi connectivity index (χ3n) is 4.40. The summed E-state index contributed by atoms with van der Waals surface area (Å²) < 4.78 is 0. The zero-order valence-electron chi connectivity index (χ0n) is 13.0. The number of nitrogens with one attached hydrogen (secondary N) is 1. The van der Waals surface area contributed by atoms with E-state index in [9.17, 15) is 9.90 Å². The number of thiophene rings is 1. The van der Waals surface area contributed by atoms with Gasteiger partial charge in [0.25, 0.3) is 0 Å². The molecular formula is C17H18N4O2S. The number of aliphatic hydroxyl groups is 1. The van der Waals surface area contributed by atoms with Crippen LogP contribution < -0.4 is 5.32 Å². The Bertz CT molecular complexity index is 806. The van der Waals surface area contributed by atoms with Crippen molar-refractivity contribution in [1.82, 2.24) is 20.3 Å². The standard InChI is InChI=1S/C17H18N4O2S/c22-12-8-11(9-12)17(15-6-3-7-24-15)18-16(23)10-21-19-13-4-1-2-5-14(13)20-21/h1-7,11-12,17,22H,8-10H2,(H,18,23)/t11?,12?,17-/m1/s1. The van der Waals surface area contributed by atoms with Crippen molar-refractivity contribution in [3.63, 3.8) is 0 Å². The van der Waals surface area contributed by atoms with Crippen LogP contribution in [0.1, 0.15) is 23.8 Å². The molecule has 24 heavy (non-hydrogen) atoms. The third kappa shape index (κ3) is 3.05. The lowest BCUT2D eigenvalue weighted by atomic mass is 9.77. The van der Waals surface area contributed by atoms with E-state index >= 15 is 0 Å². The van der Waals surface area contributed by atoms with E-state index in [2.05, 4.69) is 15.5 Å². The Morgan fingerprint density at radius 1 is 1.25 bits per heavy atom. The predicted molar refractivity (Wildman–Crippen MR) is 91.5 cm³/mol. The molecule has 4 rings (SSSR count). The van der Waals surface area contributed by atoms with E-state index in [0.717, 1.165) is 28.8 Å². The fourth-order valence-corrected chi connectivity index (χ4v) is 3.98. The number of carbonyl (C=O) groups excluding carboxylic acids is 1. The van der Waals surface area contributed by atoms with Crippen LogP contribution in [-0.2, 0) is 11.3 Å². The molecule has 0 aliphatic heterocycles. The van der Waals surface area contributed by atoms with Gasteiger partial charge >= 0.3 is 0 Å². The Balaban J connectivity index is 1.46. The monoisotopic (exact) mass is 342 g/mol. The molecule has 0 bridgehead atoms. The maximum absolute atomic E-state index is 12.5. The lowest BCUT2D eigenvalue weighted by molar-refractivity contribution is -0.124. The zero-order chi connectivity index (χ0) is 16.5. The number of hydrogen-bond donors (Lipinski definition) is 2. The van der Waals surface area contributed by atoms with Gasteiger partial charge in [0.05, 0.1) is 12.1 Å². The highest BCUT2D eigenvalue weighted by molar-refractivity contribution is 7.10. The topological polar surface area (TPSA) is 80.0 Å². The van der Waals surface area contributed by atoms with Crippen LogP contribution in [0.25, 0.3) is 11.0 Å². The molecule has 124 valence electrons. The number of nitrogens with zero attached hydrogens (tertiary/aromatic N) is 3. The second-order valence-corrected chi connectivity index (χ2v) is 7.14. The fourth-order valence-electron chi connectivity index (χ4n) is 3.11. The van der Waals surface area contributed by atoms with Crippen molar-refractivity contribution in [3.8, 4) is 0 Å². The van der Waals surface area contributed by atoms with Crippen LogP contribution in [0.4, 0.5) is 0 Å². The maximum Gasteiger partial charge on any atom is 0.244 e. The Kier molecular flexibility index (Phi) is 4.03. The highest BCUT2D eigenvalue weighted by atomic mass is 32.1. The van der Waals surface area contributed by atoms with Crippen molar-refractivity contribution >= 4 is 28.3 Å². The second-order valence-electron chi connectivity index (χ2n) is 6.17. The van der Waals surface area contributed by atoms with Crippen molar-refractivity contribution in [2.24, 2.45) is 5.92 Å². The van der Waals surface area contributed by atoms with Crippen LogP contribution in [-0.4, -0.2) is 32.1 Å². The van der Waals surface area contributed by atoms with Gasteiger partial charge in [-0.3, -0.25) is 4.79 Å².